The van der Waals surface area contributed by atoms with E-state index in [4.69, 9.17) is 23.2 Å². The zero-order chi connectivity index (χ0) is 19.4. The molecule has 1 fully saturated rings. The Balaban J connectivity index is 1.76. The lowest BCUT2D eigenvalue weighted by Gasteiger charge is -2.36. The quantitative estimate of drug-likeness (QED) is 0.794. The molecular weight excluding hydrogens is 387 g/mol. The highest BCUT2D eigenvalue weighted by atomic mass is 35.5. The molecule has 1 aliphatic heterocycles. The van der Waals surface area contributed by atoms with Gasteiger partial charge in [0.05, 0.1) is 27.8 Å². The second-order valence-electron chi connectivity index (χ2n) is 6.66. The number of aromatic nitrogens is 2. The molecule has 144 valence electrons. The van der Waals surface area contributed by atoms with Crippen molar-refractivity contribution < 1.29 is 9.90 Å². The molecule has 0 aliphatic carbocycles. The Morgan fingerprint density at radius 1 is 1.30 bits per heavy atom. The molecular formula is C19H22Cl2N4O2. The number of hydrogen-bond acceptors (Lipinski definition) is 5. The van der Waals surface area contributed by atoms with Crippen LogP contribution in [0, 0.1) is 6.92 Å². The van der Waals surface area contributed by atoms with E-state index in [1.807, 2.05) is 6.92 Å². The van der Waals surface area contributed by atoms with Crippen molar-refractivity contribution in [2.24, 2.45) is 0 Å². The van der Waals surface area contributed by atoms with Gasteiger partial charge < -0.3 is 10.4 Å². The highest BCUT2D eigenvalue weighted by molar-refractivity contribution is 6.43. The zero-order valence-electron chi connectivity index (χ0n) is 15.0. The number of nitrogens with zero attached hydrogens (tertiary/aromatic N) is 3. The maximum absolute atomic E-state index is 12.6. The third-order valence-corrected chi connectivity index (χ3v) is 5.60. The number of aliphatic hydroxyl groups is 1. The Morgan fingerprint density at radius 3 is 2.63 bits per heavy atom. The maximum Gasteiger partial charge on any atom is 0.252 e. The lowest BCUT2D eigenvalue weighted by Crippen LogP contribution is -2.43. The Bertz CT molecular complexity index is 793. The van der Waals surface area contributed by atoms with Crippen molar-refractivity contribution >= 4 is 29.1 Å². The molecule has 6 nitrogen and oxygen atoms in total. The molecule has 1 aromatic carbocycles. The van der Waals surface area contributed by atoms with Gasteiger partial charge in [0.2, 0.25) is 0 Å². The molecule has 0 spiro atoms. The molecule has 1 amide bonds. The summed E-state index contributed by atoms with van der Waals surface area (Å²) in [6, 6.07) is 4.90. The van der Waals surface area contributed by atoms with Crippen LogP contribution < -0.4 is 5.32 Å². The van der Waals surface area contributed by atoms with Gasteiger partial charge in [-0.1, -0.05) is 29.3 Å². The van der Waals surface area contributed by atoms with Crippen LogP contribution in [0.4, 0.5) is 0 Å². The minimum atomic E-state index is -0.280. The first kappa shape index (κ1) is 20.0. The summed E-state index contributed by atoms with van der Waals surface area (Å²) < 4.78 is 0. The van der Waals surface area contributed by atoms with Crippen molar-refractivity contribution in [2.45, 2.75) is 31.9 Å². The van der Waals surface area contributed by atoms with E-state index in [0.717, 1.165) is 18.7 Å². The predicted molar refractivity (Wildman–Crippen MR) is 105 cm³/mol. The van der Waals surface area contributed by atoms with E-state index in [-0.39, 0.29) is 23.1 Å². The third kappa shape index (κ3) is 4.96. The van der Waals surface area contributed by atoms with Gasteiger partial charge in [0, 0.05) is 37.6 Å². The first-order valence-electron chi connectivity index (χ1n) is 8.88. The Labute approximate surface area is 168 Å². The summed E-state index contributed by atoms with van der Waals surface area (Å²) in [7, 11) is 0. The van der Waals surface area contributed by atoms with Crippen molar-refractivity contribution in [1.29, 1.82) is 0 Å². The summed E-state index contributed by atoms with van der Waals surface area (Å²) in [5, 5.41) is 13.3. The van der Waals surface area contributed by atoms with E-state index in [0.29, 0.717) is 35.8 Å². The molecule has 0 saturated carbocycles. The van der Waals surface area contributed by atoms with Gasteiger partial charge >= 0.3 is 0 Å². The average molecular weight is 409 g/mol. The summed E-state index contributed by atoms with van der Waals surface area (Å²) in [6.45, 7) is 3.70. The number of aryl methyl sites for hydroxylation is 1. The van der Waals surface area contributed by atoms with E-state index in [1.54, 1.807) is 30.6 Å². The van der Waals surface area contributed by atoms with Gasteiger partial charge in [-0.2, -0.15) is 0 Å². The molecule has 2 N–H and O–H groups in total. The SMILES string of the molecule is Cc1ncc(C(CNC(=O)c2cccc(Cl)c2Cl)N2CCC(O)CC2)cn1. The number of amides is 1. The fourth-order valence-corrected chi connectivity index (χ4v) is 3.58. The van der Waals surface area contributed by atoms with Crippen LogP contribution in [0.5, 0.6) is 0 Å². The molecule has 0 radical (unpaired) electrons. The van der Waals surface area contributed by atoms with Crippen LogP contribution in [0.3, 0.4) is 0 Å². The Hall–Kier alpha value is -1.73. The summed E-state index contributed by atoms with van der Waals surface area (Å²) in [6.07, 6.45) is 4.72. The first-order chi connectivity index (χ1) is 13.0. The number of carbonyl (C=O) groups excluding carboxylic acids is 1. The zero-order valence-corrected chi connectivity index (χ0v) is 16.5. The van der Waals surface area contributed by atoms with E-state index in [1.165, 1.54) is 0 Å². The number of likely N-dealkylation sites (tertiary alicyclic amines) is 1. The van der Waals surface area contributed by atoms with Gasteiger partial charge in [0.25, 0.3) is 5.91 Å². The van der Waals surface area contributed by atoms with Crippen LogP contribution in [-0.2, 0) is 0 Å². The number of halogens is 2. The van der Waals surface area contributed by atoms with E-state index in [2.05, 4.69) is 20.2 Å². The lowest BCUT2D eigenvalue weighted by molar-refractivity contribution is 0.0585. The second kappa shape index (κ2) is 8.97. The average Bonchev–Trinajstić information content (AvgIpc) is 2.66. The molecule has 2 aromatic rings. The second-order valence-corrected chi connectivity index (χ2v) is 7.44. The third-order valence-electron chi connectivity index (χ3n) is 4.78. The number of piperidine rings is 1. The molecule has 1 saturated heterocycles. The maximum atomic E-state index is 12.6. The smallest absolute Gasteiger partial charge is 0.252 e. The molecule has 1 aromatic heterocycles. The van der Waals surface area contributed by atoms with Crippen LogP contribution in [0.2, 0.25) is 10.0 Å². The fourth-order valence-electron chi connectivity index (χ4n) is 3.19. The number of benzene rings is 1. The molecule has 8 heteroatoms. The number of aliphatic hydroxyl groups excluding tert-OH is 1. The summed E-state index contributed by atoms with van der Waals surface area (Å²) in [5.41, 5.74) is 1.27. The Morgan fingerprint density at radius 2 is 1.96 bits per heavy atom. The molecule has 2 heterocycles. The van der Waals surface area contributed by atoms with Crippen LogP contribution >= 0.6 is 23.2 Å². The molecule has 1 atom stereocenters. The van der Waals surface area contributed by atoms with Gasteiger partial charge in [-0.3, -0.25) is 9.69 Å². The minimum absolute atomic E-state index is 0.0833. The Kier molecular flexibility index (Phi) is 6.65. The van der Waals surface area contributed by atoms with Crippen molar-refractivity contribution in [3.8, 4) is 0 Å². The van der Waals surface area contributed by atoms with Crippen LogP contribution in [0.15, 0.2) is 30.6 Å². The number of hydrogen-bond donors (Lipinski definition) is 2. The molecule has 1 unspecified atom stereocenters. The van der Waals surface area contributed by atoms with Crippen molar-refractivity contribution in [3.05, 3.63) is 57.6 Å². The highest BCUT2D eigenvalue weighted by Gasteiger charge is 2.26. The normalized spacial score (nSPS) is 16.9. The van der Waals surface area contributed by atoms with Gasteiger partial charge in [-0.15, -0.1) is 0 Å². The van der Waals surface area contributed by atoms with E-state index >= 15 is 0 Å². The minimum Gasteiger partial charge on any atom is -0.393 e. The van der Waals surface area contributed by atoms with Gasteiger partial charge in [0.1, 0.15) is 5.82 Å². The van der Waals surface area contributed by atoms with Crippen molar-refractivity contribution in [1.82, 2.24) is 20.2 Å². The van der Waals surface area contributed by atoms with Gasteiger partial charge in [0.15, 0.2) is 0 Å². The fraction of sp³-hybridized carbons (Fsp3) is 0.421. The van der Waals surface area contributed by atoms with Crippen molar-refractivity contribution in [2.75, 3.05) is 19.6 Å². The lowest BCUT2D eigenvalue weighted by atomic mass is 10.0. The number of carbonyl (C=O) groups is 1. The predicted octanol–water partition coefficient (Wildman–Crippen LogP) is 3.02. The summed E-state index contributed by atoms with van der Waals surface area (Å²) in [5.74, 6) is 0.416. The van der Waals surface area contributed by atoms with Crippen LogP contribution in [0.1, 0.15) is 40.6 Å². The standard InChI is InChI=1S/C19H22Cl2N4O2/c1-12-22-9-13(10-23-12)17(25-7-5-14(26)6-8-25)11-24-19(27)15-3-2-4-16(20)18(15)21/h2-4,9-10,14,17,26H,5-8,11H2,1H3,(H,24,27). The van der Waals surface area contributed by atoms with Gasteiger partial charge in [-0.25, -0.2) is 9.97 Å². The molecule has 1 aliphatic rings. The summed E-state index contributed by atoms with van der Waals surface area (Å²) in [4.78, 5) is 23.4. The summed E-state index contributed by atoms with van der Waals surface area (Å²) >= 11 is 12.2. The van der Waals surface area contributed by atoms with E-state index < -0.39 is 0 Å². The molecule has 0 bridgehead atoms. The molecule has 3 rings (SSSR count). The van der Waals surface area contributed by atoms with Crippen molar-refractivity contribution in [3.63, 3.8) is 0 Å². The highest BCUT2D eigenvalue weighted by Crippen LogP contribution is 2.26. The first-order valence-corrected chi connectivity index (χ1v) is 9.64. The topological polar surface area (TPSA) is 78.4 Å². The van der Waals surface area contributed by atoms with Gasteiger partial charge in [-0.05, 0) is 31.9 Å². The monoisotopic (exact) mass is 408 g/mol. The molecule has 27 heavy (non-hydrogen) atoms. The van der Waals surface area contributed by atoms with E-state index in [9.17, 15) is 9.90 Å². The number of nitrogens with one attached hydrogen (secondary N) is 1. The number of rotatable bonds is 5. The van der Waals surface area contributed by atoms with Crippen LogP contribution in [0.25, 0.3) is 0 Å². The largest absolute Gasteiger partial charge is 0.393 e. The van der Waals surface area contributed by atoms with Crippen LogP contribution in [-0.4, -0.2) is 51.6 Å².